The van der Waals surface area contributed by atoms with Crippen molar-refractivity contribution in [3.8, 4) is 0 Å². The van der Waals surface area contributed by atoms with E-state index in [0.717, 1.165) is 42.5 Å². The van der Waals surface area contributed by atoms with Crippen molar-refractivity contribution in [2.45, 2.75) is 78.4 Å². The standard InChI is InChI=1S/C21H30N2O4S/c1-11-7-5-6-8-16(11)22-18(24)13(3)27-21(26)17-12(2)14(4)28-20(17)23-19(25)15-9-10-15/h11,13,15-16H,5-10H2,1-4H3,(H,22,24)(H,23,25)/t11-,13-,16-/m0/s1. The summed E-state index contributed by atoms with van der Waals surface area (Å²) in [5.41, 5.74) is 1.15. The number of aryl methyl sites for hydroxylation is 1. The van der Waals surface area contributed by atoms with E-state index in [9.17, 15) is 14.4 Å². The fraction of sp³-hybridized carbons (Fsp3) is 0.667. The third-order valence-electron chi connectivity index (χ3n) is 5.87. The number of amides is 2. The molecule has 2 saturated carbocycles. The molecule has 3 rings (SSSR count). The van der Waals surface area contributed by atoms with E-state index in [1.807, 2.05) is 13.8 Å². The molecule has 0 saturated heterocycles. The van der Waals surface area contributed by atoms with E-state index < -0.39 is 12.1 Å². The monoisotopic (exact) mass is 406 g/mol. The van der Waals surface area contributed by atoms with E-state index in [0.29, 0.717) is 16.5 Å². The van der Waals surface area contributed by atoms with Crippen LogP contribution in [0, 0.1) is 25.7 Å². The highest BCUT2D eigenvalue weighted by molar-refractivity contribution is 7.16. The number of carbonyl (C=O) groups excluding carboxylic acids is 3. The summed E-state index contributed by atoms with van der Waals surface area (Å²) in [6.07, 6.45) is 5.29. The molecule has 1 aromatic heterocycles. The predicted molar refractivity (Wildman–Crippen MR) is 110 cm³/mol. The summed E-state index contributed by atoms with van der Waals surface area (Å²) >= 11 is 1.37. The maximum atomic E-state index is 12.8. The zero-order chi connectivity index (χ0) is 20.4. The van der Waals surface area contributed by atoms with Gasteiger partial charge in [-0.25, -0.2) is 4.79 Å². The average molecular weight is 407 g/mol. The Kier molecular flexibility index (Phi) is 6.43. The maximum Gasteiger partial charge on any atom is 0.342 e. The lowest BCUT2D eigenvalue weighted by molar-refractivity contribution is -0.130. The second kappa shape index (κ2) is 8.64. The van der Waals surface area contributed by atoms with Crippen molar-refractivity contribution in [2.24, 2.45) is 11.8 Å². The average Bonchev–Trinajstić information content (AvgIpc) is 3.44. The molecule has 0 radical (unpaired) electrons. The van der Waals surface area contributed by atoms with Gasteiger partial charge < -0.3 is 15.4 Å². The quantitative estimate of drug-likeness (QED) is 0.701. The third kappa shape index (κ3) is 4.74. The normalized spacial score (nSPS) is 23.0. The fourth-order valence-electron chi connectivity index (χ4n) is 3.62. The lowest BCUT2D eigenvalue weighted by Crippen LogP contribution is -2.46. The van der Waals surface area contributed by atoms with Gasteiger partial charge in [0.2, 0.25) is 5.91 Å². The van der Waals surface area contributed by atoms with Crippen molar-refractivity contribution >= 4 is 34.1 Å². The van der Waals surface area contributed by atoms with Crippen molar-refractivity contribution < 1.29 is 19.1 Å². The molecule has 28 heavy (non-hydrogen) atoms. The van der Waals surface area contributed by atoms with Gasteiger partial charge in [-0.3, -0.25) is 9.59 Å². The zero-order valence-corrected chi connectivity index (χ0v) is 17.9. The second-order valence-electron chi connectivity index (χ2n) is 8.18. The molecule has 7 heteroatoms. The van der Waals surface area contributed by atoms with E-state index >= 15 is 0 Å². The number of hydrogen-bond acceptors (Lipinski definition) is 5. The van der Waals surface area contributed by atoms with Crippen LogP contribution in [0.3, 0.4) is 0 Å². The lowest BCUT2D eigenvalue weighted by atomic mass is 9.86. The molecular formula is C21H30N2O4S. The number of rotatable bonds is 6. The number of thiophene rings is 1. The first kappa shape index (κ1) is 20.8. The van der Waals surface area contributed by atoms with Crippen molar-refractivity contribution in [1.29, 1.82) is 0 Å². The first-order valence-corrected chi connectivity index (χ1v) is 11.0. The van der Waals surface area contributed by atoms with E-state index in [1.165, 1.54) is 17.8 Å². The highest BCUT2D eigenvalue weighted by atomic mass is 32.1. The highest BCUT2D eigenvalue weighted by Crippen LogP contribution is 2.36. The molecular weight excluding hydrogens is 376 g/mol. The molecule has 2 fully saturated rings. The van der Waals surface area contributed by atoms with Gasteiger partial charge in [-0.2, -0.15) is 0 Å². The topological polar surface area (TPSA) is 84.5 Å². The van der Waals surface area contributed by atoms with Crippen LogP contribution in [0.25, 0.3) is 0 Å². The maximum absolute atomic E-state index is 12.8. The Balaban J connectivity index is 1.64. The molecule has 1 aromatic rings. The first-order valence-electron chi connectivity index (χ1n) is 10.2. The van der Waals surface area contributed by atoms with Crippen LogP contribution >= 0.6 is 11.3 Å². The van der Waals surface area contributed by atoms with Crippen molar-refractivity contribution in [1.82, 2.24) is 5.32 Å². The summed E-state index contributed by atoms with van der Waals surface area (Å²) < 4.78 is 5.47. The third-order valence-corrected chi connectivity index (χ3v) is 6.99. The molecule has 0 unspecified atom stereocenters. The molecule has 6 nitrogen and oxygen atoms in total. The van der Waals surface area contributed by atoms with Crippen LogP contribution in [0.1, 0.15) is 73.2 Å². The molecule has 0 aliphatic heterocycles. The second-order valence-corrected chi connectivity index (χ2v) is 9.40. The van der Waals surface area contributed by atoms with Crippen LogP contribution in [-0.2, 0) is 14.3 Å². The Hall–Kier alpha value is -1.89. The summed E-state index contributed by atoms with van der Waals surface area (Å²) in [5.74, 6) is -0.389. The molecule has 2 aliphatic carbocycles. The Morgan fingerprint density at radius 2 is 1.79 bits per heavy atom. The number of hydrogen-bond donors (Lipinski definition) is 2. The number of anilines is 1. The van der Waals surface area contributed by atoms with Crippen molar-refractivity contribution in [3.05, 3.63) is 16.0 Å². The highest BCUT2D eigenvalue weighted by Gasteiger charge is 2.33. The van der Waals surface area contributed by atoms with E-state index in [1.54, 1.807) is 6.92 Å². The Morgan fingerprint density at radius 3 is 2.43 bits per heavy atom. The minimum Gasteiger partial charge on any atom is -0.449 e. The van der Waals surface area contributed by atoms with Crippen LogP contribution in [0.5, 0.6) is 0 Å². The zero-order valence-electron chi connectivity index (χ0n) is 17.1. The number of ether oxygens (including phenoxy) is 1. The molecule has 0 spiro atoms. The molecule has 3 atom stereocenters. The summed E-state index contributed by atoms with van der Waals surface area (Å²) in [4.78, 5) is 38.4. The molecule has 1 heterocycles. The first-order chi connectivity index (χ1) is 13.3. The lowest BCUT2D eigenvalue weighted by Gasteiger charge is -2.30. The molecule has 2 aliphatic rings. The van der Waals surface area contributed by atoms with Crippen molar-refractivity contribution in [3.63, 3.8) is 0 Å². The molecule has 2 amide bonds. The van der Waals surface area contributed by atoms with Crippen molar-refractivity contribution in [2.75, 3.05) is 5.32 Å². The van der Waals surface area contributed by atoms with Gasteiger partial charge in [-0.05, 0) is 57.9 Å². The van der Waals surface area contributed by atoms with Gasteiger partial charge in [0, 0.05) is 16.8 Å². The van der Waals surface area contributed by atoms with Crippen LogP contribution in [0.4, 0.5) is 5.00 Å². The Bertz CT molecular complexity index is 769. The fourth-order valence-corrected chi connectivity index (χ4v) is 4.68. The SMILES string of the molecule is Cc1sc(NC(=O)C2CC2)c(C(=O)O[C@@H](C)C(=O)N[C@H]2CCCC[C@@H]2C)c1C. The van der Waals surface area contributed by atoms with Crippen LogP contribution in [0.2, 0.25) is 0 Å². The molecule has 0 aromatic carbocycles. The van der Waals surface area contributed by atoms with Gasteiger partial charge in [0.15, 0.2) is 6.10 Å². The number of nitrogens with one attached hydrogen (secondary N) is 2. The Labute approximate surface area is 170 Å². The van der Waals surface area contributed by atoms with Crippen LogP contribution in [-0.4, -0.2) is 29.9 Å². The largest absolute Gasteiger partial charge is 0.449 e. The van der Waals surface area contributed by atoms with E-state index in [-0.39, 0.29) is 23.8 Å². The summed E-state index contributed by atoms with van der Waals surface area (Å²) in [6, 6.07) is 0.140. The smallest absolute Gasteiger partial charge is 0.342 e. The van der Waals surface area contributed by atoms with Crippen LogP contribution < -0.4 is 10.6 Å². The van der Waals surface area contributed by atoms with Gasteiger partial charge in [-0.1, -0.05) is 19.8 Å². The summed E-state index contributed by atoms with van der Waals surface area (Å²) in [6.45, 7) is 7.48. The molecule has 0 bridgehead atoms. The molecule has 2 N–H and O–H groups in total. The van der Waals surface area contributed by atoms with Gasteiger partial charge >= 0.3 is 5.97 Å². The number of carbonyl (C=O) groups is 3. The van der Waals surface area contributed by atoms with Gasteiger partial charge in [0.25, 0.3) is 5.91 Å². The minimum absolute atomic E-state index is 0.0487. The summed E-state index contributed by atoms with van der Waals surface area (Å²) in [7, 11) is 0. The van der Waals surface area contributed by atoms with Gasteiger partial charge in [0.05, 0.1) is 5.56 Å². The minimum atomic E-state index is -0.881. The van der Waals surface area contributed by atoms with E-state index in [2.05, 4.69) is 17.6 Å². The van der Waals surface area contributed by atoms with Gasteiger partial charge in [0.1, 0.15) is 5.00 Å². The van der Waals surface area contributed by atoms with Crippen LogP contribution in [0.15, 0.2) is 0 Å². The Morgan fingerprint density at radius 1 is 1.11 bits per heavy atom. The van der Waals surface area contributed by atoms with Gasteiger partial charge in [-0.15, -0.1) is 11.3 Å². The molecule has 154 valence electrons. The summed E-state index contributed by atoms with van der Waals surface area (Å²) in [5, 5.41) is 6.42. The van der Waals surface area contributed by atoms with E-state index in [4.69, 9.17) is 4.74 Å². The predicted octanol–water partition coefficient (Wildman–Crippen LogP) is 3.95. The number of esters is 1.